The fourth-order valence-electron chi connectivity index (χ4n) is 6.61. The van der Waals surface area contributed by atoms with E-state index in [4.69, 9.17) is 32.7 Å². The van der Waals surface area contributed by atoms with Crippen molar-refractivity contribution in [2.45, 2.75) is 117 Å². The molecule has 1 aromatic heterocycles. The first-order valence-corrected chi connectivity index (χ1v) is 19.2. The van der Waals surface area contributed by atoms with Gasteiger partial charge in [0, 0.05) is 23.2 Å². The van der Waals surface area contributed by atoms with Crippen LogP contribution in [-0.4, -0.2) is 47.8 Å². The van der Waals surface area contributed by atoms with E-state index >= 15 is 0 Å². The summed E-state index contributed by atoms with van der Waals surface area (Å²) in [6.07, 6.45) is 6.53. The predicted molar refractivity (Wildman–Crippen MR) is 174 cm³/mol. The number of nitrogens with zero attached hydrogens (tertiary/aromatic N) is 3. The second kappa shape index (κ2) is 13.3. The normalized spacial score (nSPS) is 22.3. The molecule has 2 aromatic rings. The number of benzene rings is 1. The lowest BCUT2D eigenvalue weighted by molar-refractivity contribution is -0.127. The largest absolute Gasteiger partial charge is 0.408 e. The van der Waals surface area contributed by atoms with Crippen LogP contribution < -0.4 is 0 Å². The number of carbonyl (C=O) groups is 2. The number of Topliss-reactive ketones (excluding diaryl/α,β-unsaturated/α-hetero) is 1. The number of ketones is 1. The first-order chi connectivity index (χ1) is 20.2. The lowest BCUT2D eigenvalue weighted by Gasteiger charge is -2.37. The van der Waals surface area contributed by atoms with E-state index in [1.807, 2.05) is 16.5 Å². The van der Waals surface area contributed by atoms with Crippen LogP contribution in [0.4, 0.5) is 4.39 Å². The van der Waals surface area contributed by atoms with Gasteiger partial charge >= 0.3 is 0 Å². The third-order valence-electron chi connectivity index (χ3n) is 10.6. The summed E-state index contributed by atoms with van der Waals surface area (Å²) in [6, 6.07) is 5.44. The molecule has 2 aliphatic carbocycles. The number of carbonyl (C=O) groups excluding carboxylic acids is 2. The van der Waals surface area contributed by atoms with Crippen LogP contribution in [0.5, 0.6) is 0 Å². The summed E-state index contributed by atoms with van der Waals surface area (Å²) in [5.74, 6) is -0.362. The van der Waals surface area contributed by atoms with Gasteiger partial charge in [-0.3, -0.25) is 14.3 Å². The first-order valence-electron chi connectivity index (χ1n) is 15.9. The lowest BCUT2D eigenvalue weighted by atomic mass is 9.71. The molecule has 43 heavy (non-hydrogen) atoms. The van der Waals surface area contributed by atoms with Gasteiger partial charge in [-0.15, -0.1) is 0 Å². The minimum absolute atomic E-state index is 0.0375. The summed E-state index contributed by atoms with van der Waals surface area (Å²) >= 11 is 13.3. The maximum atomic E-state index is 14.4. The fraction of sp³-hybridized carbons (Fsp3) is 0.667. The first kappa shape index (κ1) is 34.1. The van der Waals surface area contributed by atoms with Crippen LogP contribution in [0.2, 0.25) is 28.2 Å². The van der Waals surface area contributed by atoms with Crippen LogP contribution in [0.1, 0.15) is 114 Å². The standard InChI is InChI=1S/C33H48Cl2FN3O3Si/c1-8-43(9-2,10-3)42-29(30-27(34)17-24(36)18-28(30)35)20-38(21-32(6)15-16-32)31(41)26-19-37-39(22(26)4)25-11-13-33(7,14-12-25)23(5)40/h17-19,25,29H,8-16,20-21H2,1-7H3/t25-,29?,33-. The van der Waals surface area contributed by atoms with Gasteiger partial charge in [-0.25, -0.2) is 4.39 Å². The molecular weight excluding hydrogens is 604 g/mol. The molecule has 238 valence electrons. The van der Waals surface area contributed by atoms with Crippen LogP contribution in [0.3, 0.4) is 0 Å². The maximum Gasteiger partial charge on any atom is 0.257 e. The zero-order valence-electron chi connectivity index (χ0n) is 26.9. The van der Waals surface area contributed by atoms with Crippen molar-refractivity contribution in [3.05, 3.63) is 51.0 Å². The summed E-state index contributed by atoms with van der Waals surface area (Å²) in [4.78, 5) is 28.5. The molecule has 1 aromatic carbocycles. The van der Waals surface area contributed by atoms with Crippen LogP contribution in [0, 0.1) is 23.6 Å². The molecule has 2 saturated carbocycles. The summed E-state index contributed by atoms with van der Waals surface area (Å²) < 4.78 is 23.2. The van der Waals surface area contributed by atoms with Gasteiger partial charge in [0.15, 0.2) is 8.32 Å². The van der Waals surface area contributed by atoms with Gasteiger partial charge in [0.05, 0.1) is 40.5 Å². The van der Waals surface area contributed by atoms with E-state index in [0.717, 1.165) is 62.4 Å². The molecule has 4 rings (SSSR count). The number of hydrogen-bond acceptors (Lipinski definition) is 4. The third-order valence-corrected chi connectivity index (χ3v) is 15.8. The Bertz CT molecular complexity index is 1300. The number of halogens is 3. The Morgan fingerprint density at radius 2 is 1.65 bits per heavy atom. The predicted octanol–water partition coefficient (Wildman–Crippen LogP) is 9.35. The van der Waals surface area contributed by atoms with Crippen molar-refractivity contribution >= 4 is 43.2 Å². The second-order valence-electron chi connectivity index (χ2n) is 13.6. The summed E-state index contributed by atoms with van der Waals surface area (Å²) in [5, 5.41) is 5.12. The maximum absolute atomic E-state index is 14.4. The molecule has 6 nitrogen and oxygen atoms in total. The van der Waals surface area contributed by atoms with E-state index in [9.17, 15) is 14.0 Å². The second-order valence-corrected chi connectivity index (χ2v) is 19.1. The van der Waals surface area contributed by atoms with E-state index in [0.29, 0.717) is 17.7 Å². The number of hydrogen-bond donors (Lipinski definition) is 0. The molecule has 1 amide bonds. The van der Waals surface area contributed by atoms with Crippen molar-refractivity contribution in [3.8, 4) is 0 Å². The Hall–Kier alpha value is -1.74. The Labute approximate surface area is 267 Å². The van der Waals surface area contributed by atoms with Crippen LogP contribution in [0.25, 0.3) is 0 Å². The van der Waals surface area contributed by atoms with Crippen molar-refractivity contribution in [2.75, 3.05) is 13.1 Å². The average molecular weight is 653 g/mol. The molecule has 0 bridgehead atoms. The Morgan fingerprint density at radius 3 is 2.14 bits per heavy atom. The van der Waals surface area contributed by atoms with Crippen molar-refractivity contribution in [2.24, 2.45) is 10.8 Å². The number of rotatable bonds is 13. The zero-order chi connectivity index (χ0) is 31.7. The molecule has 1 unspecified atom stereocenters. The molecule has 1 heterocycles. The van der Waals surface area contributed by atoms with Crippen LogP contribution in [0.15, 0.2) is 18.3 Å². The molecule has 10 heteroatoms. The van der Waals surface area contributed by atoms with Gasteiger partial charge in [0.25, 0.3) is 5.91 Å². The van der Waals surface area contributed by atoms with Gasteiger partial charge in [0.2, 0.25) is 0 Å². The monoisotopic (exact) mass is 651 g/mol. The van der Waals surface area contributed by atoms with Crippen LogP contribution >= 0.6 is 23.2 Å². The van der Waals surface area contributed by atoms with Crippen molar-refractivity contribution < 1.29 is 18.4 Å². The highest BCUT2D eigenvalue weighted by molar-refractivity contribution is 6.73. The van der Waals surface area contributed by atoms with Gasteiger partial charge in [-0.2, -0.15) is 5.10 Å². The molecule has 0 N–H and O–H groups in total. The smallest absolute Gasteiger partial charge is 0.257 e. The van der Waals surface area contributed by atoms with Crippen molar-refractivity contribution in [3.63, 3.8) is 0 Å². The molecule has 0 radical (unpaired) electrons. The van der Waals surface area contributed by atoms with Crippen molar-refractivity contribution in [1.29, 1.82) is 0 Å². The highest BCUT2D eigenvalue weighted by Gasteiger charge is 2.43. The van der Waals surface area contributed by atoms with Crippen LogP contribution in [-0.2, 0) is 9.22 Å². The third kappa shape index (κ3) is 7.40. The molecule has 0 spiro atoms. The van der Waals surface area contributed by atoms with Gasteiger partial charge in [-0.05, 0) is 88.1 Å². The SMILES string of the molecule is CC[Si](CC)(CC)OC(CN(CC1(C)CC1)C(=O)c1cnn([C@H]2CC[C@](C)(C(C)=O)CC2)c1C)c1c(Cl)cc(F)cc1Cl. The highest BCUT2D eigenvalue weighted by Crippen LogP contribution is 2.47. The van der Waals surface area contributed by atoms with E-state index in [1.54, 1.807) is 13.1 Å². The topological polar surface area (TPSA) is 64.4 Å². The lowest BCUT2D eigenvalue weighted by Crippen LogP contribution is -2.44. The quantitative estimate of drug-likeness (QED) is 0.202. The van der Waals surface area contributed by atoms with Gasteiger partial charge in [-0.1, -0.05) is 57.8 Å². The molecular formula is C33H48Cl2FN3O3Si. The average Bonchev–Trinajstić information content (AvgIpc) is 3.56. The Kier molecular flexibility index (Phi) is 10.6. The van der Waals surface area contributed by atoms with Gasteiger partial charge < -0.3 is 9.33 Å². The Morgan fingerprint density at radius 1 is 1.09 bits per heavy atom. The fourth-order valence-corrected chi connectivity index (χ4v) is 10.1. The summed E-state index contributed by atoms with van der Waals surface area (Å²) in [5.41, 5.74) is 1.71. The highest BCUT2D eigenvalue weighted by atomic mass is 35.5. The van der Waals surface area contributed by atoms with Crippen molar-refractivity contribution in [1.82, 2.24) is 14.7 Å². The van der Waals surface area contributed by atoms with E-state index < -0.39 is 20.2 Å². The van der Waals surface area contributed by atoms with Gasteiger partial charge in [0.1, 0.15) is 11.6 Å². The Balaban J connectivity index is 1.67. The zero-order valence-corrected chi connectivity index (χ0v) is 29.4. The molecule has 2 fully saturated rings. The summed E-state index contributed by atoms with van der Waals surface area (Å²) in [6.45, 7) is 15.2. The molecule has 2 aliphatic rings. The van der Waals surface area contributed by atoms with E-state index in [-0.39, 0.29) is 45.2 Å². The molecule has 0 aliphatic heterocycles. The minimum atomic E-state index is -2.19. The van der Waals surface area contributed by atoms with E-state index in [2.05, 4.69) is 34.6 Å². The number of amides is 1. The van der Waals surface area contributed by atoms with E-state index in [1.165, 1.54) is 12.1 Å². The summed E-state index contributed by atoms with van der Waals surface area (Å²) in [7, 11) is -2.19. The minimum Gasteiger partial charge on any atom is -0.408 e. The number of aromatic nitrogens is 2. The molecule has 1 atom stereocenters. The molecule has 0 saturated heterocycles.